The van der Waals surface area contributed by atoms with E-state index in [1.54, 1.807) is 13.8 Å². The summed E-state index contributed by atoms with van der Waals surface area (Å²) in [6.45, 7) is 8.28. The first kappa shape index (κ1) is 13.6. The number of carbonyl (C=O) groups is 1. The molecule has 0 aliphatic carbocycles. The van der Waals surface area contributed by atoms with Gasteiger partial charge < -0.3 is 10.4 Å². The van der Waals surface area contributed by atoms with Crippen LogP contribution >= 0.6 is 0 Å². The monoisotopic (exact) mass is 235 g/mol. The number of hydrogen-bond acceptors (Lipinski definition) is 2. The van der Waals surface area contributed by atoms with E-state index >= 15 is 0 Å². The third kappa shape index (κ3) is 3.77. The van der Waals surface area contributed by atoms with Crippen molar-refractivity contribution in [2.24, 2.45) is 5.41 Å². The molecule has 17 heavy (non-hydrogen) atoms. The summed E-state index contributed by atoms with van der Waals surface area (Å²) in [5, 5.41) is 12.3. The van der Waals surface area contributed by atoms with Crippen LogP contribution in [0.2, 0.25) is 0 Å². The van der Waals surface area contributed by atoms with Gasteiger partial charge in [-0.25, -0.2) is 0 Å². The first-order valence-corrected chi connectivity index (χ1v) is 5.87. The standard InChI is InChI=1S/C14H21NO2/c1-10-5-6-12(11(2)9-10)15-8-7-14(3,4)13(16)17/h5-6,9,15H,7-8H2,1-4H3,(H,16,17). The SMILES string of the molecule is Cc1ccc(NCCC(C)(C)C(=O)O)c(C)c1. The van der Waals surface area contributed by atoms with Crippen LogP contribution in [-0.2, 0) is 4.79 Å². The number of nitrogens with one attached hydrogen (secondary N) is 1. The summed E-state index contributed by atoms with van der Waals surface area (Å²) in [7, 11) is 0. The normalized spacial score (nSPS) is 11.3. The van der Waals surface area contributed by atoms with Gasteiger partial charge in [-0.15, -0.1) is 0 Å². The summed E-state index contributed by atoms with van der Waals surface area (Å²) in [4.78, 5) is 10.9. The van der Waals surface area contributed by atoms with Crippen molar-refractivity contribution in [1.82, 2.24) is 0 Å². The second kappa shape index (κ2) is 5.21. The fraction of sp³-hybridized carbons (Fsp3) is 0.500. The van der Waals surface area contributed by atoms with Crippen LogP contribution in [0, 0.1) is 19.3 Å². The van der Waals surface area contributed by atoms with Crippen molar-refractivity contribution in [1.29, 1.82) is 0 Å². The van der Waals surface area contributed by atoms with Crippen molar-refractivity contribution in [3.8, 4) is 0 Å². The zero-order valence-corrected chi connectivity index (χ0v) is 11.0. The predicted molar refractivity (Wildman–Crippen MR) is 70.4 cm³/mol. The molecule has 0 bridgehead atoms. The molecular weight excluding hydrogens is 214 g/mol. The number of benzene rings is 1. The highest BCUT2D eigenvalue weighted by Crippen LogP contribution is 2.21. The number of carboxylic acid groups (broad SMARTS) is 1. The molecule has 0 saturated carbocycles. The maximum atomic E-state index is 10.9. The third-order valence-corrected chi connectivity index (χ3v) is 3.03. The average molecular weight is 235 g/mol. The molecule has 0 spiro atoms. The number of rotatable bonds is 5. The fourth-order valence-electron chi connectivity index (χ4n) is 1.63. The van der Waals surface area contributed by atoms with Gasteiger partial charge in [-0.05, 0) is 45.7 Å². The number of aryl methyl sites for hydroxylation is 2. The van der Waals surface area contributed by atoms with E-state index in [2.05, 4.69) is 31.3 Å². The summed E-state index contributed by atoms with van der Waals surface area (Å²) in [6.07, 6.45) is 0.607. The van der Waals surface area contributed by atoms with Crippen LogP contribution in [0.5, 0.6) is 0 Å². The van der Waals surface area contributed by atoms with E-state index in [0.29, 0.717) is 13.0 Å². The summed E-state index contributed by atoms with van der Waals surface area (Å²) < 4.78 is 0. The molecule has 1 aromatic carbocycles. The van der Waals surface area contributed by atoms with Crippen molar-refractivity contribution in [3.05, 3.63) is 29.3 Å². The van der Waals surface area contributed by atoms with E-state index in [1.165, 1.54) is 11.1 Å². The van der Waals surface area contributed by atoms with Crippen molar-refractivity contribution < 1.29 is 9.90 Å². The molecule has 1 rings (SSSR count). The molecule has 3 heteroatoms. The fourth-order valence-corrected chi connectivity index (χ4v) is 1.63. The van der Waals surface area contributed by atoms with Gasteiger partial charge in [0, 0.05) is 12.2 Å². The highest BCUT2D eigenvalue weighted by atomic mass is 16.4. The Hall–Kier alpha value is -1.51. The van der Waals surface area contributed by atoms with Gasteiger partial charge in [0.1, 0.15) is 0 Å². The Bertz CT molecular complexity index is 411. The minimum atomic E-state index is -0.750. The smallest absolute Gasteiger partial charge is 0.309 e. The van der Waals surface area contributed by atoms with Crippen molar-refractivity contribution in [2.75, 3.05) is 11.9 Å². The Labute approximate surface area is 103 Å². The molecule has 1 aromatic rings. The molecule has 0 unspecified atom stereocenters. The van der Waals surface area contributed by atoms with E-state index in [4.69, 9.17) is 5.11 Å². The van der Waals surface area contributed by atoms with Crippen LogP contribution in [0.1, 0.15) is 31.4 Å². The Balaban J connectivity index is 2.54. The summed E-state index contributed by atoms with van der Waals surface area (Å²) >= 11 is 0. The van der Waals surface area contributed by atoms with Crippen LogP contribution in [0.4, 0.5) is 5.69 Å². The van der Waals surface area contributed by atoms with Gasteiger partial charge in [-0.1, -0.05) is 17.7 Å². The maximum absolute atomic E-state index is 10.9. The van der Waals surface area contributed by atoms with Crippen LogP contribution in [0.3, 0.4) is 0 Å². The lowest BCUT2D eigenvalue weighted by atomic mass is 9.89. The Kier molecular flexibility index (Phi) is 4.16. The molecule has 0 fully saturated rings. The van der Waals surface area contributed by atoms with E-state index in [0.717, 1.165) is 5.69 Å². The number of carboxylic acids is 1. The average Bonchev–Trinajstić information content (AvgIpc) is 2.21. The zero-order valence-electron chi connectivity index (χ0n) is 11.0. The van der Waals surface area contributed by atoms with E-state index < -0.39 is 11.4 Å². The minimum absolute atomic E-state index is 0.607. The van der Waals surface area contributed by atoms with Gasteiger partial charge in [-0.2, -0.15) is 0 Å². The number of hydrogen-bond donors (Lipinski definition) is 2. The van der Waals surface area contributed by atoms with Crippen LogP contribution < -0.4 is 5.32 Å². The predicted octanol–water partition coefficient (Wildman–Crippen LogP) is 3.22. The molecule has 3 nitrogen and oxygen atoms in total. The van der Waals surface area contributed by atoms with E-state index in [-0.39, 0.29) is 0 Å². The summed E-state index contributed by atoms with van der Waals surface area (Å²) in [6, 6.07) is 6.21. The molecule has 0 aliphatic heterocycles. The van der Waals surface area contributed by atoms with Gasteiger partial charge >= 0.3 is 5.97 Å². The second-order valence-electron chi connectivity index (χ2n) is 5.18. The highest BCUT2D eigenvalue weighted by molar-refractivity contribution is 5.73. The topological polar surface area (TPSA) is 49.3 Å². The number of anilines is 1. The lowest BCUT2D eigenvalue weighted by Crippen LogP contribution is -2.26. The first-order chi connectivity index (χ1) is 7.83. The maximum Gasteiger partial charge on any atom is 0.309 e. The largest absolute Gasteiger partial charge is 0.481 e. The van der Waals surface area contributed by atoms with Gasteiger partial charge in [0.15, 0.2) is 0 Å². The van der Waals surface area contributed by atoms with Gasteiger partial charge in [0.25, 0.3) is 0 Å². The Morgan fingerprint density at radius 2 is 2.00 bits per heavy atom. The second-order valence-corrected chi connectivity index (χ2v) is 5.18. The molecular formula is C14H21NO2. The quantitative estimate of drug-likeness (QED) is 0.823. The highest BCUT2D eigenvalue weighted by Gasteiger charge is 2.26. The molecule has 0 saturated heterocycles. The van der Waals surface area contributed by atoms with Gasteiger partial charge in [-0.3, -0.25) is 4.79 Å². The molecule has 0 amide bonds. The lowest BCUT2D eigenvalue weighted by molar-refractivity contribution is -0.147. The van der Waals surface area contributed by atoms with Gasteiger partial charge in [0.2, 0.25) is 0 Å². The molecule has 0 aliphatic rings. The van der Waals surface area contributed by atoms with Gasteiger partial charge in [0.05, 0.1) is 5.41 Å². The van der Waals surface area contributed by atoms with Crippen molar-refractivity contribution in [2.45, 2.75) is 34.1 Å². The molecule has 0 radical (unpaired) electrons. The Morgan fingerprint density at radius 3 is 2.53 bits per heavy atom. The van der Waals surface area contributed by atoms with Crippen LogP contribution in [-0.4, -0.2) is 17.6 Å². The molecule has 0 atom stereocenters. The summed E-state index contributed by atoms with van der Waals surface area (Å²) in [5.74, 6) is -0.750. The van der Waals surface area contributed by atoms with Crippen LogP contribution in [0.15, 0.2) is 18.2 Å². The molecule has 0 aromatic heterocycles. The Morgan fingerprint density at radius 1 is 1.35 bits per heavy atom. The van der Waals surface area contributed by atoms with Crippen molar-refractivity contribution in [3.63, 3.8) is 0 Å². The zero-order chi connectivity index (χ0) is 13.1. The van der Waals surface area contributed by atoms with Crippen molar-refractivity contribution >= 4 is 11.7 Å². The molecule has 94 valence electrons. The van der Waals surface area contributed by atoms with E-state index in [1.807, 2.05) is 6.07 Å². The van der Waals surface area contributed by atoms with Crippen LogP contribution in [0.25, 0.3) is 0 Å². The summed E-state index contributed by atoms with van der Waals surface area (Å²) in [5.41, 5.74) is 2.83. The first-order valence-electron chi connectivity index (χ1n) is 5.87. The lowest BCUT2D eigenvalue weighted by Gasteiger charge is -2.20. The third-order valence-electron chi connectivity index (χ3n) is 3.03. The molecule has 2 N–H and O–H groups in total. The minimum Gasteiger partial charge on any atom is -0.481 e. The molecule has 0 heterocycles. The number of aliphatic carboxylic acids is 1. The van der Waals surface area contributed by atoms with E-state index in [9.17, 15) is 4.79 Å².